The van der Waals surface area contributed by atoms with Crippen molar-refractivity contribution in [3.8, 4) is 5.75 Å². The van der Waals surface area contributed by atoms with Crippen LogP contribution in [-0.2, 0) is 12.8 Å². The van der Waals surface area contributed by atoms with Crippen LogP contribution >= 0.6 is 23.4 Å². The number of para-hydroxylation sites is 1. The lowest BCUT2D eigenvalue weighted by molar-refractivity contribution is 0.425. The molecule has 0 aliphatic rings. The van der Waals surface area contributed by atoms with Crippen LogP contribution in [0.1, 0.15) is 11.1 Å². The van der Waals surface area contributed by atoms with Gasteiger partial charge in [0.05, 0.1) is 0 Å². The maximum absolute atomic E-state index is 13.4. The first-order valence-corrected chi connectivity index (χ1v) is 8.80. The van der Waals surface area contributed by atoms with Crippen LogP contribution in [-0.4, -0.2) is 5.11 Å². The molecular formula is C20H16ClFOS. The molecule has 0 saturated carbocycles. The van der Waals surface area contributed by atoms with E-state index in [0.29, 0.717) is 17.0 Å². The van der Waals surface area contributed by atoms with Crippen LogP contribution in [0.2, 0.25) is 5.02 Å². The van der Waals surface area contributed by atoms with Crippen molar-refractivity contribution in [3.63, 3.8) is 0 Å². The van der Waals surface area contributed by atoms with E-state index in [1.807, 2.05) is 36.4 Å². The zero-order valence-corrected chi connectivity index (χ0v) is 14.4. The van der Waals surface area contributed by atoms with Crippen LogP contribution in [0.15, 0.2) is 76.5 Å². The zero-order chi connectivity index (χ0) is 16.9. The number of rotatable bonds is 5. The molecular weight excluding hydrogens is 343 g/mol. The highest BCUT2D eigenvalue weighted by Crippen LogP contribution is 2.32. The van der Waals surface area contributed by atoms with E-state index in [0.717, 1.165) is 16.2 Å². The van der Waals surface area contributed by atoms with E-state index in [1.54, 1.807) is 23.9 Å². The van der Waals surface area contributed by atoms with Gasteiger partial charge in [-0.3, -0.25) is 0 Å². The van der Waals surface area contributed by atoms with Crippen molar-refractivity contribution in [1.29, 1.82) is 0 Å². The van der Waals surface area contributed by atoms with Crippen LogP contribution < -0.4 is 0 Å². The SMILES string of the molecule is Oc1c(F)cccc1CCc1ccccc1Sc1ccc(Cl)cc1. The van der Waals surface area contributed by atoms with E-state index >= 15 is 0 Å². The number of phenols is 1. The molecule has 4 heteroatoms. The minimum Gasteiger partial charge on any atom is -0.505 e. The first kappa shape index (κ1) is 16.9. The molecule has 0 aliphatic carbocycles. The molecule has 0 fully saturated rings. The van der Waals surface area contributed by atoms with E-state index in [2.05, 4.69) is 12.1 Å². The molecule has 3 aromatic rings. The number of phenolic OH excluding ortho intramolecular Hbond substituents is 1. The molecule has 0 heterocycles. The number of hydrogen-bond acceptors (Lipinski definition) is 2. The average Bonchev–Trinajstić information content (AvgIpc) is 2.59. The minimum atomic E-state index is -0.573. The Labute approximate surface area is 150 Å². The van der Waals surface area contributed by atoms with Crippen molar-refractivity contribution in [3.05, 3.63) is 88.7 Å². The highest BCUT2D eigenvalue weighted by Gasteiger charge is 2.09. The number of aryl methyl sites for hydroxylation is 2. The summed E-state index contributed by atoms with van der Waals surface area (Å²) in [6.45, 7) is 0. The molecule has 0 bridgehead atoms. The molecule has 3 aromatic carbocycles. The summed E-state index contributed by atoms with van der Waals surface area (Å²) in [5.41, 5.74) is 1.79. The number of benzene rings is 3. The molecule has 3 rings (SSSR count). The van der Waals surface area contributed by atoms with Gasteiger partial charge in [-0.2, -0.15) is 0 Å². The molecule has 122 valence electrons. The van der Waals surface area contributed by atoms with Crippen molar-refractivity contribution in [1.82, 2.24) is 0 Å². The molecule has 0 aromatic heterocycles. The first-order chi connectivity index (χ1) is 11.6. The monoisotopic (exact) mass is 358 g/mol. The predicted molar refractivity (Wildman–Crippen MR) is 97.5 cm³/mol. The van der Waals surface area contributed by atoms with E-state index < -0.39 is 5.82 Å². The Kier molecular flexibility index (Phi) is 5.44. The van der Waals surface area contributed by atoms with Crippen LogP contribution in [0.25, 0.3) is 0 Å². The maximum Gasteiger partial charge on any atom is 0.165 e. The summed E-state index contributed by atoms with van der Waals surface area (Å²) in [6, 6.07) is 20.5. The predicted octanol–water partition coefficient (Wildman–Crippen LogP) is 6.12. The van der Waals surface area contributed by atoms with Gasteiger partial charge < -0.3 is 5.11 Å². The van der Waals surface area contributed by atoms with Gasteiger partial charge in [0.25, 0.3) is 0 Å². The van der Waals surface area contributed by atoms with Crippen LogP contribution in [0.3, 0.4) is 0 Å². The van der Waals surface area contributed by atoms with Crippen molar-refractivity contribution in [2.75, 3.05) is 0 Å². The van der Waals surface area contributed by atoms with Gasteiger partial charge in [-0.05, 0) is 60.4 Å². The van der Waals surface area contributed by atoms with Crippen molar-refractivity contribution in [2.24, 2.45) is 0 Å². The molecule has 0 amide bonds. The topological polar surface area (TPSA) is 20.2 Å². The van der Waals surface area contributed by atoms with Crippen LogP contribution in [0.5, 0.6) is 5.75 Å². The third-order valence-electron chi connectivity index (χ3n) is 3.75. The van der Waals surface area contributed by atoms with Gasteiger partial charge in [-0.25, -0.2) is 4.39 Å². The summed E-state index contributed by atoms with van der Waals surface area (Å²) in [6.07, 6.45) is 1.32. The average molecular weight is 359 g/mol. The molecule has 0 atom stereocenters. The second-order valence-electron chi connectivity index (χ2n) is 5.41. The Morgan fingerprint density at radius 3 is 2.29 bits per heavy atom. The molecule has 0 aliphatic heterocycles. The summed E-state index contributed by atoms with van der Waals surface area (Å²) < 4.78 is 13.4. The van der Waals surface area contributed by atoms with Gasteiger partial charge in [0.2, 0.25) is 0 Å². The lowest BCUT2D eigenvalue weighted by Crippen LogP contribution is -1.95. The lowest BCUT2D eigenvalue weighted by atomic mass is 10.0. The summed E-state index contributed by atoms with van der Waals surface area (Å²) in [4.78, 5) is 2.26. The fourth-order valence-corrected chi connectivity index (χ4v) is 3.57. The van der Waals surface area contributed by atoms with Gasteiger partial charge in [-0.1, -0.05) is 53.7 Å². The lowest BCUT2D eigenvalue weighted by Gasteiger charge is -2.10. The van der Waals surface area contributed by atoms with Crippen molar-refractivity contribution < 1.29 is 9.50 Å². The fraction of sp³-hybridized carbons (Fsp3) is 0.100. The van der Waals surface area contributed by atoms with Gasteiger partial charge in [0, 0.05) is 14.8 Å². The van der Waals surface area contributed by atoms with Crippen molar-refractivity contribution >= 4 is 23.4 Å². The smallest absolute Gasteiger partial charge is 0.165 e. The van der Waals surface area contributed by atoms with E-state index in [4.69, 9.17) is 11.6 Å². The Balaban J connectivity index is 1.76. The molecule has 24 heavy (non-hydrogen) atoms. The number of aromatic hydroxyl groups is 1. The fourth-order valence-electron chi connectivity index (χ4n) is 2.47. The highest BCUT2D eigenvalue weighted by molar-refractivity contribution is 7.99. The molecule has 0 spiro atoms. The molecule has 1 N–H and O–H groups in total. The van der Waals surface area contributed by atoms with Gasteiger partial charge >= 0.3 is 0 Å². The third-order valence-corrected chi connectivity index (χ3v) is 5.13. The summed E-state index contributed by atoms with van der Waals surface area (Å²) in [5, 5.41) is 10.5. The van der Waals surface area contributed by atoms with E-state index in [9.17, 15) is 9.50 Å². The Bertz CT molecular complexity index is 833. The van der Waals surface area contributed by atoms with Crippen LogP contribution in [0, 0.1) is 5.82 Å². The maximum atomic E-state index is 13.4. The largest absolute Gasteiger partial charge is 0.505 e. The molecule has 0 unspecified atom stereocenters. The van der Waals surface area contributed by atoms with E-state index in [-0.39, 0.29) is 5.75 Å². The summed E-state index contributed by atoms with van der Waals surface area (Å²) in [7, 11) is 0. The van der Waals surface area contributed by atoms with Crippen LogP contribution in [0.4, 0.5) is 4.39 Å². The number of halogens is 2. The molecule has 0 saturated heterocycles. The first-order valence-electron chi connectivity index (χ1n) is 7.61. The second kappa shape index (κ2) is 7.73. The zero-order valence-electron chi connectivity index (χ0n) is 12.9. The normalized spacial score (nSPS) is 10.8. The standard InChI is InChI=1S/C20H16ClFOS/c21-16-10-12-17(13-11-16)24-19-7-2-1-4-14(19)8-9-15-5-3-6-18(22)20(15)23/h1-7,10-13,23H,8-9H2. The summed E-state index contributed by atoms with van der Waals surface area (Å²) in [5.74, 6) is -0.823. The third kappa shape index (κ3) is 4.11. The van der Waals surface area contributed by atoms with Gasteiger partial charge in [-0.15, -0.1) is 0 Å². The Hall–Kier alpha value is -1.97. The number of hydrogen-bond donors (Lipinski definition) is 1. The second-order valence-corrected chi connectivity index (χ2v) is 6.96. The Morgan fingerprint density at radius 2 is 1.50 bits per heavy atom. The molecule has 1 nitrogen and oxygen atoms in total. The van der Waals surface area contributed by atoms with Crippen molar-refractivity contribution in [2.45, 2.75) is 22.6 Å². The summed E-state index contributed by atoms with van der Waals surface area (Å²) >= 11 is 7.60. The van der Waals surface area contributed by atoms with Gasteiger partial charge in [0.15, 0.2) is 11.6 Å². The minimum absolute atomic E-state index is 0.250. The quantitative estimate of drug-likeness (QED) is 0.592. The van der Waals surface area contributed by atoms with E-state index in [1.165, 1.54) is 11.6 Å². The van der Waals surface area contributed by atoms with Gasteiger partial charge in [0.1, 0.15) is 0 Å². The Morgan fingerprint density at radius 1 is 0.833 bits per heavy atom. The molecule has 0 radical (unpaired) electrons. The highest BCUT2D eigenvalue weighted by atomic mass is 35.5.